The van der Waals surface area contributed by atoms with Gasteiger partial charge in [0.05, 0.1) is 6.61 Å². The van der Waals surface area contributed by atoms with Crippen LogP contribution in [0.1, 0.15) is 23.7 Å². The summed E-state index contributed by atoms with van der Waals surface area (Å²) in [6, 6.07) is 7.20. The lowest BCUT2D eigenvalue weighted by Crippen LogP contribution is -2.40. The van der Waals surface area contributed by atoms with Crippen LogP contribution in [0.25, 0.3) is 0 Å². The van der Waals surface area contributed by atoms with E-state index in [9.17, 15) is 14.4 Å². The zero-order chi connectivity index (χ0) is 14.5. The first-order valence-electron chi connectivity index (χ1n) is 6.44. The number of ether oxygens (including phenoxy) is 1. The Morgan fingerprint density at radius 3 is 2.70 bits per heavy atom. The smallest absolute Gasteiger partial charge is 0.328 e. The molecule has 0 spiro atoms. The van der Waals surface area contributed by atoms with Crippen LogP contribution in [-0.2, 0) is 14.3 Å². The fourth-order valence-corrected chi connectivity index (χ4v) is 2.03. The zero-order valence-electron chi connectivity index (χ0n) is 11.1. The molecular weight excluding hydrogens is 260 g/mol. The lowest BCUT2D eigenvalue weighted by atomic mass is 10.1. The van der Waals surface area contributed by atoms with Crippen molar-refractivity contribution >= 4 is 17.8 Å². The maximum Gasteiger partial charge on any atom is 0.328 e. The molecule has 1 saturated heterocycles. The van der Waals surface area contributed by atoms with Crippen LogP contribution in [0.5, 0.6) is 0 Å². The average molecular weight is 276 g/mol. The molecule has 20 heavy (non-hydrogen) atoms. The molecule has 0 saturated carbocycles. The fourth-order valence-electron chi connectivity index (χ4n) is 2.03. The van der Waals surface area contributed by atoms with Crippen molar-refractivity contribution in [2.24, 2.45) is 0 Å². The second kappa shape index (κ2) is 6.18. The third kappa shape index (κ3) is 3.14. The van der Waals surface area contributed by atoms with E-state index in [1.165, 1.54) is 0 Å². The van der Waals surface area contributed by atoms with Crippen LogP contribution in [-0.4, -0.2) is 36.5 Å². The molecular formula is C14H16N2O4. The molecule has 0 radical (unpaired) electrons. The number of carbonyl (C=O) groups is 3. The van der Waals surface area contributed by atoms with Gasteiger partial charge in [-0.25, -0.2) is 4.79 Å². The number of hydrogen-bond acceptors (Lipinski definition) is 4. The van der Waals surface area contributed by atoms with Gasteiger partial charge in [0.15, 0.2) is 0 Å². The Balaban J connectivity index is 1.96. The van der Waals surface area contributed by atoms with E-state index in [2.05, 4.69) is 10.6 Å². The second-order valence-corrected chi connectivity index (χ2v) is 4.44. The summed E-state index contributed by atoms with van der Waals surface area (Å²) in [6.45, 7) is 1.95. The molecule has 2 N–H and O–H groups in total. The third-order valence-corrected chi connectivity index (χ3v) is 3.02. The molecule has 2 atom stereocenters. The minimum Gasteiger partial charge on any atom is -0.464 e. The molecule has 1 aromatic rings. The molecule has 1 aliphatic heterocycles. The highest BCUT2D eigenvalue weighted by atomic mass is 16.5. The van der Waals surface area contributed by atoms with E-state index in [4.69, 9.17) is 4.74 Å². The van der Waals surface area contributed by atoms with Gasteiger partial charge in [0.2, 0.25) is 5.91 Å². The van der Waals surface area contributed by atoms with Crippen LogP contribution in [0.15, 0.2) is 30.3 Å². The predicted molar refractivity (Wildman–Crippen MR) is 70.9 cm³/mol. The van der Waals surface area contributed by atoms with Crippen molar-refractivity contribution in [2.75, 3.05) is 6.61 Å². The first-order chi connectivity index (χ1) is 9.61. The lowest BCUT2D eigenvalue weighted by Gasteiger charge is -2.10. The van der Waals surface area contributed by atoms with Crippen molar-refractivity contribution in [2.45, 2.75) is 25.4 Å². The number of esters is 1. The third-order valence-electron chi connectivity index (χ3n) is 3.02. The molecule has 0 aliphatic carbocycles. The summed E-state index contributed by atoms with van der Waals surface area (Å²) >= 11 is 0. The summed E-state index contributed by atoms with van der Waals surface area (Å²) in [4.78, 5) is 35.2. The first-order valence-corrected chi connectivity index (χ1v) is 6.44. The molecule has 106 valence electrons. The van der Waals surface area contributed by atoms with Gasteiger partial charge in [-0.1, -0.05) is 18.2 Å². The normalized spacial score (nSPS) is 21.1. The Hall–Kier alpha value is -2.37. The van der Waals surface area contributed by atoms with E-state index in [0.717, 1.165) is 0 Å². The van der Waals surface area contributed by atoms with Crippen molar-refractivity contribution < 1.29 is 19.1 Å². The monoisotopic (exact) mass is 276 g/mol. The molecule has 2 amide bonds. The second-order valence-electron chi connectivity index (χ2n) is 4.44. The summed E-state index contributed by atoms with van der Waals surface area (Å²) < 4.78 is 4.85. The number of hydrogen-bond donors (Lipinski definition) is 2. The Bertz CT molecular complexity index is 515. The summed E-state index contributed by atoms with van der Waals surface area (Å²) in [5.41, 5.74) is 0.472. The van der Waals surface area contributed by atoms with Gasteiger partial charge < -0.3 is 15.4 Å². The van der Waals surface area contributed by atoms with Crippen molar-refractivity contribution in [3.63, 3.8) is 0 Å². The van der Waals surface area contributed by atoms with Crippen molar-refractivity contribution in [3.8, 4) is 0 Å². The van der Waals surface area contributed by atoms with Crippen LogP contribution < -0.4 is 10.6 Å². The zero-order valence-corrected chi connectivity index (χ0v) is 11.1. The SMILES string of the molecule is CCOC(=O)[C@H]1C[C@H](NC(=O)c2ccccc2)C(=O)N1. The largest absolute Gasteiger partial charge is 0.464 e. The number of nitrogens with one attached hydrogen (secondary N) is 2. The Morgan fingerprint density at radius 2 is 2.05 bits per heavy atom. The number of amides is 2. The van der Waals surface area contributed by atoms with Crippen LogP contribution in [0, 0.1) is 0 Å². The van der Waals surface area contributed by atoms with Gasteiger partial charge in [0.1, 0.15) is 12.1 Å². The van der Waals surface area contributed by atoms with Crippen molar-refractivity contribution in [1.82, 2.24) is 10.6 Å². The Labute approximate surface area is 116 Å². The minimum atomic E-state index is -0.711. The van der Waals surface area contributed by atoms with Gasteiger partial charge in [0.25, 0.3) is 5.91 Å². The van der Waals surface area contributed by atoms with Crippen molar-refractivity contribution in [1.29, 1.82) is 0 Å². The molecule has 0 aromatic heterocycles. The average Bonchev–Trinajstić information content (AvgIpc) is 2.81. The number of rotatable bonds is 4. The Kier molecular flexibility index (Phi) is 4.34. The van der Waals surface area contributed by atoms with Gasteiger partial charge in [0, 0.05) is 12.0 Å². The van der Waals surface area contributed by atoms with Crippen LogP contribution in [0.3, 0.4) is 0 Å². The highest BCUT2D eigenvalue weighted by Gasteiger charge is 2.37. The first kappa shape index (κ1) is 14.0. The standard InChI is InChI=1S/C14H16N2O4/c1-2-20-14(19)11-8-10(13(18)16-11)15-12(17)9-6-4-3-5-7-9/h3-7,10-11H,2,8H2,1H3,(H,15,17)(H,16,18)/t10-,11+/m0/s1. The van der Waals surface area contributed by atoms with E-state index in [0.29, 0.717) is 5.56 Å². The summed E-state index contributed by atoms with van der Waals surface area (Å²) in [7, 11) is 0. The maximum atomic E-state index is 11.9. The van der Waals surface area contributed by atoms with E-state index >= 15 is 0 Å². The molecule has 2 rings (SSSR count). The fraction of sp³-hybridized carbons (Fsp3) is 0.357. The molecule has 1 aliphatic rings. The van der Waals surface area contributed by atoms with Gasteiger partial charge >= 0.3 is 5.97 Å². The van der Waals surface area contributed by atoms with Gasteiger partial charge in [-0.05, 0) is 19.1 Å². The molecule has 0 bridgehead atoms. The summed E-state index contributed by atoms with van der Waals surface area (Å²) in [5, 5.41) is 5.13. The van der Waals surface area contributed by atoms with E-state index in [-0.39, 0.29) is 24.8 Å². The molecule has 1 fully saturated rings. The van der Waals surface area contributed by atoms with Gasteiger partial charge in [-0.2, -0.15) is 0 Å². The van der Waals surface area contributed by atoms with Crippen LogP contribution in [0.2, 0.25) is 0 Å². The summed E-state index contributed by atoms with van der Waals surface area (Å²) in [5.74, 6) is -1.18. The minimum absolute atomic E-state index is 0.205. The maximum absolute atomic E-state index is 11.9. The van der Waals surface area contributed by atoms with E-state index in [1.807, 2.05) is 0 Å². The topological polar surface area (TPSA) is 84.5 Å². The van der Waals surface area contributed by atoms with Crippen molar-refractivity contribution in [3.05, 3.63) is 35.9 Å². The Morgan fingerprint density at radius 1 is 1.35 bits per heavy atom. The van der Waals surface area contributed by atoms with Gasteiger partial charge in [-0.15, -0.1) is 0 Å². The van der Waals surface area contributed by atoms with E-state index in [1.54, 1.807) is 37.3 Å². The summed E-state index contributed by atoms with van der Waals surface area (Å²) in [6.07, 6.45) is 0.205. The quantitative estimate of drug-likeness (QED) is 0.771. The highest BCUT2D eigenvalue weighted by Crippen LogP contribution is 2.11. The van der Waals surface area contributed by atoms with Crippen LogP contribution >= 0.6 is 0 Å². The molecule has 0 unspecified atom stereocenters. The highest BCUT2D eigenvalue weighted by molar-refractivity contribution is 5.99. The predicted octanol–water partition coefficient (Wildman–Crippen LogP) is 0.237. The molecule has 6 nitrogen and oxygen atoms in total. The lowest BCUT2D eigenvalue weighted by molar-refractivity contribution is -0.145. The number of benzene rings is 1. The van der Waals surface area contributed by atoms with Crippen LogP contribution in [0.4, 0.5) is 0 Å². The van der Waals surface area contributed by atoms with E-state index < -0.39 is 18.1 Å². The van der Waals surface area contributed by atoms with Gasteiger partial charge in [-0.3, -0.25) is 9.59 Å². The molecule has 6 heteroatoms. The molecule has 1 heterocycles. The number of carbonyl (C=O) groups excluding carboxylic acids is 3. The molecule has 1 aromatic carbocycles.